The third-order valence-electron chi connectivity index (χ3n) is 2.47. The average molecular weight is 210 g/mol. The molecular formula is C16H18. The van der Waals surface area contributed by atoms with Gasteiger partial charge in [-0.2, -0.15) is 0 Å². The van der Waals surface area contributed by atoms with Crippen molar-refractivity contribution in [3.63, 3.8) is 0 Å². The van der Waals surface area contributed by atoms with Gasteiger partial charge in [0, 0.05) is 0 Å². The maximum atomic E-state index is 4.12. The number of allylic oxidation sites excluding steroid dienone is 6. The lowest BCUT2D eigenvalue weighted by molar-refractivity contribution is 1.45. The quantitative estimate of drug-likeness (QED) is 0.632. The lowest BCUT2D eigenvalue weighted by Crippen LogP contribution is -1.86. The molecule has 0 aliphatic carbocycles. The Morgan fingerprint density at radius 3 is 2.31 bits per heavy atom. The molecule has 0 atom stereocenters. The maximum Gasteiger partial charge on any atom is -0.0184 e. The van der Waals surface area contributed by atoms with Crippen LogP contribution >= 0.6 is 0 Å². The van der Waals surface area contributed by atoms with E-state index in [1.807, 2.05) is 19.1 Å². The monoisotopic (exact) mass is 210 g/mol. The molecule has 0 heterocycles. The zero-order valence-corrected chi connectivity index (χ0v) is 10.0. The molecule has 1 aromatic rings. The van der Waals surface area contributed by atoms with Crippen LogP contribution in [0.25, 0.3) is 5.57 Å². The fourth-order valence-electron chi connectivity index (χ4n) is 1.46. The normalized spacial score (nSPS) is 11.8. The first-order valence-corrected chi connectivity index (χ1v) is 5.40. The molecule has 0 unspecified atom stereocenters. The largest absolute Gasteiger partial charge is 0.0991 e. The topological polar surface area (TPSA) is 0 Å². The van der Waals surface area contributed by atoms with Gasteiger partial charge in [-0.25, -0.2) is 0 Å². The van der Waals surface area contributed by atoms with E-state index in [9.17, 15) is 0 Å². The smallest absolute Gasteiger partial charge is 0.0184 e. The van der Waals surface area contributed by atoms with Crippen LogP contribution in [0.4, 0.5) is 0 Å². The second-order valence-electron chi connectivity index (χ2n) is 3.68. The van der Waals surface area contributed by atoms with Crippen LogP contribution in [0.1, 0.15) is 18.1 Å². The van der Waals surface area contributed by atoms with Crippen molar-refractivity contribution in [3.05, 3.63) is 78.4 Å². The highest BCUT2D eigenvalue weighted by molar-refractivity contribution is 5.80. The fourth-order valence-corrected chi connectivity index (χ4v) is 1.46. The van der Waals surface area contributed by atoms with Crippen LogP contribution in [0.3, 0.4) is 0 Å². The zero-order valence-electron chi connectivity index (χ0n) is 10.0. The lowest BCUT2D eigenvalue weighted by Gasteiger charge is -2.07. The van der Waals surface area contributed by atoms with Gasteiger partial charge in [0.2, 0.25) is 0 Å². The maximum absolute atomic E-state index is 4.12. The number of hydrogen-bond donors (Lipinski definition) is 0. The Bertz CT molecular complexity index is 428. The molecule has 0 heteroatoms. The predicted molar refractivity (Wildman–Crippen MR) is 73.3 cm³/mol. The molecule has 0 saturated heterocycles. The Balaban J connectivity index is 2.96. The summed E-state index contributed by atoms with van der Waals surface area (Å²) in [7, 11) is 0. The molecule has 1 aromatic carbocycles. The predicted octanol–water partition coefficient (Wildman–Crippen LogP) is 4.70. The number of rotatable bonds is 4. The van der Waals surface area contributed by atoms with E-state index in [2.05, 4.69) is 50.4 Å². The molecule has 0 saturated carbocycles. The molecule has 0 spiro atoms. The van der Waals surface area contributed by atoms with Crippen molar-refractivity contribution in [3.8, 4) is 0 Å². The van der Waals surface area contributed by atoms with Crippen molar-refractivity contribution >= 4 is 5.57 Å². The summed E-state index contributed by atoms with van der Waals surface area (Å²) in [6.07, 6.45) is 7.78. The Morgan fingerprint density at radius 2 is 1.81 bits per heavy atom. The number of aryl methyl sites for hydroxylation is 1. The van der Waals surface area contributed by atoms with Crippen LogP contribution in [0.15, 0.2) is 67.3 Å². The van der Waals surface area contributed by atoms with Gasteiger partial charge in [0.15, 0.2) is 0 Å². The molecule has 0 aromatic heterocycles. The van der Waals surface area contributed by atoms with Crippen LogP contribution in [0.2, 0.25) is 0 Å². The van der Waals surface area contributed by atoms with Crippen LogP contribution in [-0.4, -0.2) is 0 Å². The second-order valence-corrected chi connectivity index (χ2v) is 3.68. The minimum absolute atomic E-state index is 1.04. The summed E-state index contributed by atoms with van der Waals surface area (Å²) in [5.74, 6) is 0. The molecule has 0 aliphatic heterocycles. The summed E-state index contributed by atoms with van der Waals surface area (Å²) in [5, 5.41) is 0. The highest BCUT2D eigenvalue weighted by atomic mass is 14.1. The van der Waals surface area contributed by atoms with Gasteiger partial charge in [-0.1, -0.05) is 67.3 Å². The van der Waals surface area contributed by atoms with Gasteiger partial charge < -0.3 is 0 Å². The van der Waals surface area contributed by atoms with E-state index in [-0.39, 0.29) is 0 Å². The van der Waals surface area contributed by atoms with Gasteiger partial charge in [-0.15, -0.1) is 0 Å². The molecule has 16 heavy (non-hydrogen) atoms. The lowest BCUT2D eigenvalue weighted by atomic mass is 9.98. The summed E-state index contributed by atoms with van der Waals surface area (Å²) >= 11 is 0. The van der Waals surface area contributed by atoms with Crippen LogP contribution in [0, 0.1) is 6.92 Å². The molecule has 0 radical (unpaired) electrons. The molecule has 82 valence electrons. The van der Waals surface area contributed by atoms with E-state index in [0.717, 1.165) is 16.7 Å². The molecule has 0 amide bonds. The van der Waals surface area contributed by atoms with Gasteiger partial charge in [0.1, 0.15) is 0 Å². The van der Waals surface area contributed by atoms with Crippen LogP contribution in [0.5, 0.6) is 0 Å². The van der Waals surface area contributed by atoms with Crippen LogP contribution < -0.4 is 0 Å². The Labute approximate surface area is 98.3 Å². The first-order valence-electron chi connectivity index (χ1n) is 5.40. The van der Waals surface area contributed by atoms with Crippen molar-refractivity contribution in [1.82, 2.24) is 0 Å². The third-order valence-corrected chi connectivity index (χ3v) is 2.47. The van der Waals surface area contributed by atoms with Crippen LogP contribution in [-0.2, 0) is 0 Å². The first-order chi connectivity index (χ1) is 7.69. The highest BCUT2D eigenvalue weighted by Gasteiger charge is 2.01. The van der Waals surface area contributed by atoms with Crippen molar-refractivity contribution in [1.29, 1.82) is 0 Å². The summed E-state index contributed by atoms with van der Waals surface area (Å²) < 4.78 is 0. The van der Waals surface area contributed by atoms with Crippen molar-refractivity contribution in [2.24, 2.45) is 0 Å². The van der Waals surface area contributed by atoms with Gasteiger partial charge in [0.05, 0.1) is 0 Å². The Morgan fingerprint density at radius 1 is 1.19 bits per heavy atom. The van der Waals surface area contributed by atoms with Crippen molar-refractivity contribution in [2.75, 3.05) is 0 Å². The molecule has 0 fully saturated rings. The first kappa shape index (κ1) is 12.3. The molecule has 1 rings (SSSR count). The molecule has 0 nitrogen and oxygen atoms in total. The molecule has 0 aliphatic rings. The average Bonchev–Trinajstić information content (AvgIpc) is 2.30. The number of benzene rings is 1. The number of hydrogen-bond acceptors (Lipinski definition) is 0. The van der Waals surface area contributed by atoms with E-state index >= 15 is 0 Å². The molecule has 0 N–H and O–H groups in total. The standard InChI is InChI=1S/C16H18/c1-5-7-8-15(6-2)14(4)16-11-9-13(3)10-12-16/h5-12H,1,4H2,2-3H3/b8-7-,15-6+. The van der Waals surface area contributed by atoms with E-state index in [4.69, 9.17) is 0 Å². The SMILES string of the molecule is C=C/C=C\C(=C/C)C(=C)c1ccc(C)cc1. The van der Waals surface area contributed by atoms with E-state index in [1.54, 1.807) is 6.08 Å². The van der Waals surface area contributed by atoms with Gasteiger partial charge in [-0.05, 0) is 30.6 Å². The highest BCUT2D eigenvalue weighted by Crippen LogP contribution is 2.22. The molecular weight excluding hydrogens is 192 g/mol. The summed E-state index contributed by atoms with van der Waals surface area (Å²) in [4.78, 5) is 0. The third kappa shape index (κ3) is 3.09. The second kappa shape index (κ2) is 5.92. The zero-order chi connectivity index (χ0) is 12.0. The molecule has 0 bridgehead atoms. The van der Waals surface area contributed by atoms with E-state index < -0.39 is 0 Å². The van der Waals surface area contributed by atoms with Crippen molar-refractivity contribution in [2.45, 2.75) is 13.8 Å². The van der Waals surface area contributed by atoms with Gasteiger partial charge in [-0.3, -0.25) is 0 Å². The van der Waals surface area contributed by atoms with Crippen molar-refractivity contribution < 1.29 is 0 Å². The van der Waals surface area contributed by atoms with Gasteiger partial charge in [0.25, 0.3) is 0 Å². The van der Waals surface area contributed by atoms with E-state index in [0.29, 0.717) is 0 Å². The summed E-state index contributed by atoms with van der Waals surface area (Å²) in [6, 6.07) is 8.40. The summed E-state index contributed by atoms with van der Waals surface area (Å²) in [6.45, 7) is 11.9. The summed E-state index contributed by atoms with van der Waals surface area (Å²) in [5.41, 5.74) is 4.59. The van der Waals surface area contributed by atoms with Gasteiger partial charge >= 0.3 is 0 Å². The minimum atomic E-state index is 1.04. The fraction of sp³-hybridized carbons (Fsp3) is 0.125. The Hall–Kier alpha value is -1.82. The van der Waals surface area contributed by atoms with E-state index in [1.165, 1.54) is 5.56 Å². The minimum Gasteiger partial charge on any atom is -0.0991 e. The Kier molecular flexibility index (Phi) is 4.53.